The summed E-state index contributed by atoms with van der Waals surface area (Å²) in [7, 11) is 1.41. The molecular formula is C14H21FN2O2. The Balaban J connectivity index is 2.70. The molecule has 0 saturated heterocycles. The van der Waals surface area contributed by atoms with E-state index in [-0.39, 0.29) is 23.6 Å². The number of hydrogen-bond donors (Lipinski definition) is 2. The fraction of sp³-hybridized carbons (Fsp3) is 0.500. The number of carbonyl (C=O) groups excluding carboxylic acids is 1. The molecule has 2 unspecified atom stereocenters. The van der Waals surface area contributed by atoms with Crippen LogP contribution in [0, 0.1) is 11.7 Å². The summed E-state index contributed by atoms with van der Waals surface area (Å²) in [6.45, 7) is 4.11. The number of hydrogen-bond acceptors (Lipinski definition) is 3. The molecule has 0 aliphatic rings. The van der Waals surface area contributed by atoms with Crippen molar-refractivity contribution in [2.45, 2.75) is 26.3 Å². The number of benzene rings is 1. The van der Waals surface area contributed by atoms with Crippen LogP contribution in [0.4, 0.5) is 4.39 Å². The van der Waals surface area contributed by atoms with Crippen LogP contribution in [-0.4, -0.2) is 19.6 Å². The molecule has 0 bridgehead atoms. The van der Waals surface area contributed by atoms with E-state index < -0.39 is 5.82 Å². The van der Waals surface area contributed by atoms with E-state index in [1.54, 1.807) is 12.1 Å². The van der Waals surface area contributed by atoms with Crippen molar-refractivity contribution in [1.82, 2.24) is 5.32 Å². The van der Waals surface area contributed by atoms with Gasteiger partial charge in [-0.05, 0) is 37.6 Å². The zero-order valence-corrected chi connectivity index (χ0v) is 11.6. The van der Waals surface area contributed by atoms with E-state index in [2.05, 4.69) is 5.32 Å². The smallest absolute Gasteiger partial charge is 0.223 e. The molecule has 0 radical (unpaired) electrons. The van der Waals surface area contributed by atoms with E-state index in [0.717, 1.165) is 0 Å². The molecule has 0 fully saturated rings. The summed E-state index contributed by atoms with van der Waals surface area (Å²) < 4.78 is 18.4. The van der Waals surface area contributed by atoms with Crippen molar-refractivity contribution in [2.24, 2.45) is 11.7 Å². The highest BCUT2D eigenvalue weighted by Crippen LogP contribution is 2.22. The van der Waals surface area contributed by atoms with Crippen LogP contribution in [0.3, 0.4) is 0 Å². The Morgan fingerprint density at radius 1 is 1.47 bits per heavy atom. The zero-order chi connectivity index (χ0) is 14.4. The Morgan fingerprint density at radius 3 is 2.68 bits per heavy atom. The first kappa shape index (κ1) is 15.4. The molecule has 4 nitrogen and oxygen atoms in total. The summed E-state index contributed by atoms with van der Waals surface area (Å²) in [5.74, 6) is -0.459. The lowest BCUT2D eigenvalue weighted by Gasteiger charge is -2.18. The molecular weight excluding hydrogens is 247 g/mol. The van der Waals surface area contributed by atoms with E-state index in [1.807, 2.05) is 13.8 Å². The van der Waals surface area contributed by atoms with Gasteiger partial charge in [0.05, 0.1) is 13.2 Å². The third kappa shape index (κ3) is 4.21. The van der Waals surface area contributed by atoms with Gasteiger partial charge in [-0.25, -0.2) is 4.39 Å². The number of nitrogens with one attached hydrogen (secondary N) is 1. The molecule has 1 rings (SSSR count). The normalized spacial score (nSPS) is 13.7. The minimum atomic E-state index is -0.434. The van der Waals surface area contributed by atoms with Crippen molar-refractivity contribution in [3.63, 3.8) is 0 Å². The number of ether oxygens (including phenoxy) is 1. The van der Waals surface area contributed by atoms with Gasteiger partial charge in [-0.2, -0.15) is 0 Å². The van der Waals surface area contributed by atoms with Crippen LogP contribution in [0.1, 0.15) is 31.9 Å². The number of halogens is 1. The molecule has 1 aromatic carbocycles. The predicted octanol–water partition coefficient (Wildman–Crippen LogP) is 2.00. The quantitative estimate of drug-likeness (QED) is 0.829. The van der Waals surface area contributed by atoms with Crippen molar-refractivity contribution in [3.8, 4) is 5.75 Å². The Kier molecular flexibility index (Phi) is 5.76. The number of nitrogens with two attached hydrogens (primary N) is 1. The van der Waals surface area contributed by atoms with Gasteiger partial charge in [0.2, 0.25) is 5.91 Å². The van der Waals surface area contributed by atoms with Gasteiger partial charge in [-0.1, -0.05) is 13.0 Å². The molecule has 106 valence electrons. The fourth-order valence-electron chi connectivity index (χ4n) is 1.77. The summed E-state index contributed by atoms with van der Waals surface area (Å²) in [5, 5.41) is 2.84. The SMILES string of the molecule is COc1ccc(C(C)NC(=O)C(C)CCN)cc1F. The van der Waals surface area contributed by atoms with Crippen molar-refractivity contribution in [1.29, 1.82) is 0 Å². The van der Waals surface area contributed by atoms with E-state index in [0.29, 0.717) is 18.5 Å². The monoisotopic (exact) mass is 268 g/mol. The Labute approximate surface area is 113 Å². The second kappa shape index (κ2) is 7.09. The molecule has 0 aromatic heterocycles. The van der Waals surface area contributed by atoms with Crippen molar-refractivity contribution >= 4 is 5.91 Å². The van der Waals surface area contributed by atoms with Crippen molar-refractivity contribution in [2.75, 3.05) is 13.7 Å². The standard InChI is InChI=1S/C14H21FN2O2/c1-9(6-7-16)14(18)17-10(2)11-4-5-13(19-3)12(15)8-11/h4-5,8-10H,6-7,16H2,1-3H3,(H,17,18). The number of methoxy groups -OCH3 is 1. The molecule has 0 heterocycles. The fourth-order valence-corrected chi connectivity index (χ4v) is 1.77. The molecule has 0 spiro atoms. The Bertz CT molecular complexity index is 437. The average molecular weight is 268 g/mol. The highest BCUT2D eigenvalue weighted by Gasteiger charge is 2.16. The van der Waals surface area contributed by atoms with Crippen molar-refractivity contribution < 1.29 is 13.9 Å². The Morgan fingerprint density at radius 2 is 2.16 bits per heavy atom. The molecule has 19 heavy (non-hydrogen) atoms. The lowest BCUT2D eigenvalue weighted by Crippen LogP contribution is -2.32. The third-order valence-electron chi connectivity index (χ3n) is 3.08. The van der Waals surface area contributed by atoms with Gasteiger partial charge in [0.1, 0.15) is 0 Å². The van der Waals surface area contributed by atoms with Crippen LogP contribution in [0.5, 0.6) is 5.75 Å². The molecule has 3 N–H and O–H groups in total. The van der Waals surface area contributed by atoms with Crippen LogP contribution in [0.15, 0.2) is 18.2 Å². The van der Waals surface area contributed by atoms with Crippen LogP contribution >= 0.6 is 0 Å². The minimum absolute atomic E-state index is 0.0748. The first-order valence-corrected chi connectivity index (χ1v) is 6.33. The van der Waals surface area contributed by atoms with Gasteiger partial charge in [0.15, 0.2) is 11.6 Å². The van der Waals surface area contributed by atoms with Gasteiger partial charge >= 0.3 is 0 Å². The van der Waals surface area contributed by atoms with E-state index in [4.69, 9.17) is 10.5 Å². The first-order chi connectivity index (χ1) is 8.99. The summed E-state index contributed by atoms with van der Waals surface area (Å²) >= 11 is 0. The average Bonchev–Trinajstić information content (AvgIpc) is 2.38. The third-order valence-corrected chi connectivity index (χ3v) is 3.08. The largest absolute Gasteiger partial charge is 0.494 e. The number of amides is 1. The maximum absolute atomic E-state index is 13.6. The Hall–Kier alpha value is -1.62. The van der Waals surface area contributed by atoms with Crippen LogP contribution in [0.25, 0.3) is 0 Å². The maximum atomic E-state index is 13.6. The second-order valence-electron chi connectivity index (χ2n) is 4.60. The highest BCUT2D eigenvalue weighted by atomic mass is 19.1. The van der Waals surface area contributed by atoms with E-state index in [9.17, 15) is 9.18 Å². The van der Waals surface area contributed by atoms with E-state index >= 15 is 0 Å². The highest BCUT2D eigenvalue weighted by molar-refractivity contribution is 5.78. The molecule has 1 amide bonds. The van der Waals surface area contributed by atoms with Gasteiger partial charge in [-0.15, -0.1) is 0 Å². The lowest BCUT2D eigenvalue weighted by molar-refractivity contribution is -0.125. The molecule has 0 aliphatic heterocycles. The molecule has 0 aliphatic carbocycles. The van der Waals surface area contributed by atoms with Gasteiger partial charge in [0.25, 0.3) is 0 Å². The molecule has 0 saturated carbocycles. The number of rotatable bonds is 6. The van der Waals surface area contributed by atoms with Gasteiger partial charge in [0, 0.05) is 5.92 Å². The molecule has 2 atom stereocenters. The topological polar surface area (TPSA) is 64.3 Å². The molecule has 1 aromatic rings. The summed E-state index contributed by atoms with van der Waals surface area (Å²) in [6.07, 6.45) is 0.634. The lowest BCUT2D eigenvalue weighted by atomic mass is 10.0. The van der Waals surface area contributed by atoms with Crippen LogP contribution < -0.4 is 15.8 Å². The van der Waals surface area contributed by atoms with Crippen LogP contribution in [0.2, 0.25) is 0 Å². The van der Waals surface area contributed by atoms with Gasteiger partial charge < -0.3 is 15.8 Å². The zero-order valence-electron chi connectivity index (χ0n) is 11.6. The predicted molar refractivity (Wildman–Crippen MR) is 72.3 cm³/mol. The maximum Gasteiger partial charge on any atom is 0.223 e. The summed E-state index contributed by atoms with van der Waals surface area (Å²) in [4.78, 5) is 11.8. The summed E-state index contributed by atoms with van der Waals surface area (Å²) in [5.41, 5.74) is 6.12. The first-order valence-electron chi connectivity index (χ1n) is 6.33. The van der Waals surface area contributed by atoms with Crippen LogP contribution in [-0.2, 0) is 4.79 Å². The van der Waals surface area contributed by atoms with E-state index in [1.165, 1.54) is 13.2 Å². The minimum Gasteiger partial charge on any atom is -0.494 e. The second-order valence-corrected chi connectivity index (χ2v) is 4.60. The molecule has 5 heteroatoms. The summed E-state index contributed by atoms with van der Waals surface area (Å²) in [6, 6.07) is 4.40. The number of carbonyl (C=O) groups is 1. The van der Waals surface area contributed by atoms with Gasteiger partial charge in [-0.3, -0.25) is 4.79 Å². The van der Waals surface area contributed by atoms with Crippen molar-refractivity contribution in [3.05, 3.63) is 29.6 Å².